The molecule has 0 saturated carbocycles. The Bertz CT molecular complexity index is 771. The van der Waals surface area contributed by atoms with Crippen molar-refractivity contribution in [2.45, 2.75) is 6.04 Å². The average Bonchev–Trinajstić information content (AvgIpc) is 3.05. The Morgan fingerprint density at radius 2 is 1.96 bits per heavy atom. The number of aromatic hydroxyl groups is 1. The molecular weight excluding hydrogens is 310 g/mol. The summed E-state index contributed by atoms with van der Waals surface area (Å²) in [5.41, 5.74) is 2.64. The minimum Gasteiger partial charge on any atom is -0.507 e. The van der Waals surface area contributed by atoms with E-state index >= 15 is 0 Å². The first-order valence-electron chi connectivity index (χ1n) is 7.16. The molecule has 0 spiro atoms. The van der Waals surface area contributed by atoms with E-state index in [-0.39, 0.29) is 5.75 Å². The SMILES string of the molecule is O=CC(=O)C1CSC(=Cc2ccc(-c3ccccc3)cc2O)N1. The van der Waals surface area contributed by atoms with E-state index in [4.69, 9.17) is 0 Å². The van der Waals surface area contributed by atoms with Gasteiger partial charge in [0.1, 0.15) is 11.8 Å². The lowest BCUT2D eigenvalue weighted by molar-refractivity contribution is -0.130. The number of hydrogen-bond acceptors (Lipinski definition) is 5. The van der Waals surface area contributed by atoms with Gasteiger partial charge in [0.2, 0.25) is 5.78 Å². The van der Waals surface area contributed by atoms with E-state index in [1.165, 1.54) is 11.8 Å². The van der Waals surface area contributed by atoms with Crippen LogP contribution in [0, 0.1) is 0 Å². The maximum absolute atomic E-state index is 11.4. The third-order valence-electron chi connectivity index (χ3n) is 3.61. The molecule has 3 rings (SSSR count). The number of thioether (sulfide) groups is 1. The summed E-state index contributed by atoms with van der Waals surface area (Å²) < 4.78 is 0. The Balaban J connectivity index is 1.81. The Morgan fingerprint density at radius 1 is 1.17 bits per heavy atom. The van der Waals surface area contributed by atoms with Gasteiger partial charge >= 0.3 is 0 Å². The van der Waals surface area contributed by atoms with Crippen molar-refractivity contribution in [1.29, 1.82) is 0 Å². The zero-order valence-electron chi connectivity index (χ0n) is 12.2. The monoisotopic (exact) mass is 325 g/mol. The standard InChI is InChI=1S/C18H15NO3S/c20-10-17(22)15-11-23-18(19-15)9-14-7-6-13(8-16(14)21)12-4-2-1-3-5-12/h1-10,15,19,21H,11H2. The molecule has 116 valence electrons. The molecule has 0 bridgehead atoms. The molecule has 2 aromatic rings. The largest absolute Gasteiger partial charge is 0.507 e. The molecule has 1 aliphatic heterocycles. The van der Waals surface area contributed by atoms with Crippen LogP contribution < -0.4 is 5.32 Å². The van der Waals surface area contributed by atoms with Gasteiger partial charge in [-0.15, -0.1) is 11.8 Å². The number of rotatable bonds is 4. The van der Waals surface area contributed by atoms with E-state index in [2.05, 4.69) is 5.32 Å². The zero-order chi connectivity index (χ0) is 16.2. The first-order valence-corrected chi connectivity index (χ1v) is 8.14. The lowest BCUT2D eigenvalue weighted by Gasteiger charge is -2.07. The second-order valence-electron chi connectivity index (χ2n) is 5.18. The first kappa shape index (κ1) is 15.4. The van der Waals surface area contributed by atoms with Gasteiger partial charge in [0, 0.05) is 11.3 Å². The molecule has 1 fully saturated rings. The van der Waals surface area contributed by atoms with E-state index in [9.17, 15) is 14.7 Å². The maximum atomic E-state index is 11.4. The van der Waals surface area contributed by atoms with Crippen LogP contribution in [0.3, 0.4) is 0 Å². The van der Waals surface area contributed by atoms with Crippen LogP contribution in [0.1, 0.15) is 5.56 Å². The molecule has 4 nitrogen and oxygen atoms in total. The normalized spacial score (nSPS) is 18.6. The van der Waals surface area contributed by atoms with Crippen molar-refractivity contribution in [3.05, 3.63) is 59.1 Å². The molecule has 1 heterocycles. The number of Topliss-reactive ketones (excluding diaryl/α,β-unsaturated/α-hetero) is 1. The predicted octanol–water partition coefficient (Wildman–Crippen LogP) is 2.83. The maximum Gasteiger partial charge on any atom is 0.218 e. The number of phenols is 1. The molecule has 0 aromatic heterocycles. The Labute approximate surface area is 138 Å². The van der Waals surface area contributed by atoms with Crippen LogP contribution >= 0.6 is 11.8 Å². The van der Waals surface area contributed by atoms with Gasteiger partial charge in [0.05, 0.1) is 5.03 Å². The summed E-state index contributed by atoms with van der Waals surface area (Å²) in [5, 5.41) is 14.0. The lowest BCUT2D eigenvalue weighted by atomic mass is 10.0. The molecule has 2 N–H and O–H groups in total. The summed E-state index contributed by atoms with van der Waals surface area (Å²) in [4.78, 5) is 21.9. The van der Waals surface area contributed by atoms with Crippen LogP contribution in [0.2, 0.25) is 0 Å². The molecule has 1 atom stereocenters. The number of carbonyl (C=O) groups is 2. The minimum atomic E-state index is -0.477. The number of carbonyl (C=O) groups excluding carboxylic acids is 2. The molecule has 0 radical (unpaired) electrons. The van der Waals surface area contributed by atoms with Crippen LogP contribution in [-0.2, 0) is 9.59 Å². The molecular formula is C18H15NO3S. The fourth-order valence-electron chi connectivity index (χ4n) is 2.36. The summed E-state index contributed by atoms with van der Waals surface area (Å²) >= 11 is 1.46. The lowest BCUT2D eigenvalue weighted by Crippen LogP contribution is -2.32. The van der Waals surface area contributed by atoms with Gasteiger partial charge in [0.25, 0.3) is 0 Å². The van der Waals surface area contributed by atoms with Crippen LogP contribution in [0.4, 0.5) is 0 Å². The van der Waals surface area contributed by atoms with Crippen molar-refractivity contribution in [2.75, 3.05) is 5.75 Å². The quantitative estimate of drug-likeness (QED) is 0.668. The van der Waals surface area contributed by atoms with E-state index in [1.807, 2.05) is 42.5 Å². The molecule has 1 unspecified atom stereocenters. The molecule has 2 aromatic carbocycles. The van der Waals surface area contributed by atoms with Crippen molar-refractivity contribution in [1.82, 2.24) is 5.32 Å². The van der Waals surface area contributed by atoms with Crippen molar-refractivity contribution in [3.8, 4) is 16.9 Å². The zero-order valence-corrected chi connectivity index (χ0v) is 13.0. The third-order valence-corrected chi connectivity index (χ3v) is 4.65. The average molecular weight is 325 g/mol. The Hall–Kier alpha value is -2.53. The highest BCUT2D eigenvalue weighted by atomic mass is 32.2. The first-order chi connectivity index (χ1) is 11.2. The molecule has 23 heavy (non-hydrogen) atoms. The molecule has 1 saturated heterocycles. The van der Waals surface area contributed by atoms with E-state index in [0.717, 1.165) is 16.2 Å². The van der Waals surface area contributed by atoms with Gasteiger partial charge in [-0.1, -0.05) is 42.5 Å². The molecule has 0 amide bonds. The van der Waals surface area contributed by atoms with Crippen molar-refractivity contribution in [3.63, 3.8) is 0 Å². The Morgan fingerprint density at radius 3 is 2.65 bits per heavy atom. The summed E-state index contributed by atoms with van der Waals surface area (Å²) in [7, 11) is 0. The fraction of sp³-hybridized carbons (Fsp3) is 0.111. The smallest absolute Gasteiger partial charge is 0.218 e. The highest BCUT2D eigenvalue weighted by Crippen LogP contribution is 2.31. The number of aldehydes is 1. The van der Waals surface area contributed by atoms with Gasteiger partial charge in [-0.3, -0.25) is 9.59 Å². The van der Waals surface area contributed by atoms with Crippen molar-refractivity contribution >= 4 is 29.9 Å². The topological polar surface area (TPSA) is 66.4 Å². The second kappa shape index (κ2) is 6.71. The number of hydrogen-bond donors (Lipinski definition) is 2. The number of phenolic OH excluding ortho intramolecular Hbond substituents is 1. The Kier molecular flexibility index (Phi) is 4.48. The van der Waals surface area contributed by atoms with Gasteiger partial charge < -0.3 is 10.4 Å². The summed E-state index contributed by atoms with van der Waals surface area (Å²) in [6, 6.07) is 14.8. The minimum absolute atomic E-state index is 0.173. The highest BCUT2D eigenvalue weighted by molar-refractivity contribution is 8.03. The van der Waals surface area contributed by atoms with Gasteiger partial charge in [-0.2, -0.15) is 0 Å². The van der Waals surface area contributed by atoms with Crippen LogP contribution in [0.5, 0.6) is 5.75 Å². The summed E-state index contributed by atoms with van der Waals surface area (Å²) in [5.74, 6) is 0.239. The summed E-state index contributed by atoms with van der Waals surface area (Å²) in [6.45, 7) is 0. The van der Waals surface area contributed by atoms with Crippen molar-refractivity contribution in [2.24, 2.45) is 0 Å². The van der Waals surface area contributed by atoms with Crippen LogP contribution in [0.15, 0.2) is 53.6 Å². The molecule has 0 aliphatic carbocycles. The van der Waals surface area contributed by atoms with Crippen molar-refractivity contribution < 1.29 is 14.7 Å². The fourth-order valence-corrected chi connectivity index (χ4v) is 3.39. The number of nitrogens with one attached hydrogen (secondary N) is 1. The number of ketones is 1. The van der Waals surface area contributed by atoms with E-state index in [1.54, 1.807) is 12.1 Å². The van der Waals surface area contributed by atoms with Crippen LogP contribution in [-0.4, -0.2) is 29.0 Å². The molecule has 5 heteroatoms. The predicted molar refractivity (Wildman–Crippen MR) is 92.0 cm³/mol. The highest BCUT2D eigenvalue weighted by Gasteiger charge is 2.25. The second-order valence-corrected chi connectivity index (χ2v) is 6.24. The summed E-state index contributed by atoms with van der Waals surface area (Å²) in [6.07, 6.45) is 2.13. The third kappa shape index (κ3) is 3.46. The van der Waals surface area contributed by atoms with Crippen LogP contribution in [0.25, 0.3) is 17.2 Å². The molecule has 1 aliphatic rings. The van der Waals surface area contributed by atoms with Gasteiger partial charge in [0.15, 0.2) is 6.29 Å². The van der Waals surface area contributed by atoms with E-state index < -0.39 is 11.8 Å². The van der Waals surface area contributed by atoms with E-state index in [0.29, 0.717) is 17.6 Å². The van der Waals surface area contributed by atoms with Gasteiger partial charge in [-0.05, 0) is 23.3 Å². The number of benzene rings is 2. The van der Waals surface area contributed by atoms with Gasteiger partial charge in [-0.25, -0.2) is 0 Å².